The van der Waals surface area contributed by atoms with Crippen LogP contribution in [0, 0.1) is 0 Å². The van der Waals surface area contributed by atoms with Gasteiger partial charge in [0.05, 0.1) is 13.1 Å². The summed E-state index contributed by atoms with van der Waals surface area (Å²) in [6.07, 6.45) is 0. The molecule has 0 aliphatic heterocycles. The van der Waals surface area contributed by atoms with Gasteiger partial charge in [0.15, 0.2) is 0 Å². The van der Waals surface area contributed by atoms with E-state index in [0.717, 1.165) is 5.56 Å². The van der Waals surface area contributed by atoms with Crippen LogP contribution in [-0.4, -0.2) is 36.9 Å². The Labute approximate surface area is 123 Å². The molecule has 2 amide bonds. The largest absolute Gasteiger partial charge is 0.346 e. The summed E-state index contributed by atoms with van der Waals surface area (Å²) in [7, 11) is 1.65. The zero-order valence-corrected chi connectivity index (χ0v) is 12.1. The van der Waals surface area contributed by atoms with E-state index in [1.165, 1.54) is 4.90 Å². The van der Waals surface area contributed by atoms with Crippen LogP contribution in [-0.2, 0) is 16.1 Å². The number of hydrogen-bond donors (Lipinski definition) is 2. The van der Waals surface area contributed by atoms with Crippen molar-refractivity contribution in [1.82, 2.24) is 10.2 Å². The highest BCUT2D eigenvalue weighted by Gasteiger charge is 2.11. The van der Waals surface area contributed by atoms with E-state index in [4.69, 9.17) is 17.3 Å². The van der Waals surface area contributed by atoms with Crippen molar-refractivity contribution in [2.45, 2.75) is 6.54 Å². The van der Waals surface area contributed by atoms with Crippen LogP contribution in [0.2, 0.25) is 5.02 Å². The van der Waals surface area contributed by atoms with E-state index >= 15 is 0 Å². The number of hydrogen-bond acceptors (Lipinski definition) is 3. The lowest BCUT2D eigenvalue weighted by Gasteiger charge is -2.18. The average molecular weight is 306 g/mol. The van der Waals surface area contributed by atoms with Gasteiger partial charge in [0.2, 0.25) is 11.8 Å². The minimum atomic E-state index is -0.352. The smallest absolute Gasteiger partial charge is 0.242 e. The Morgan fingerprint density at radius 2 is 2.00 bits per heavy atom. The van der Waals surface area contributed by atoms with Crippen molar-refractivity contribution in [3.8, 4) is 0 Å². The minimum Gasteiger partial charge on any atom is -0.346 e. The molecule has 1 rings (SSSR count). The first-order valence-electron chi connectivity index (χ1n) is 5.48. The van der Waals surface area contributed by atoms with Crippen LogP contribution >= 0.6 is 24.0 Å². The van der Waals surface area contributed by atoms with Crippen LogP contribution in [0.1, 0.15) is 5.56 Å². The summed E-state index contributed by atoms with van der Waals surface area (Å²) in [5.74, 6) is -0.550. The molecule has 0 aliphatic rings. The van der Waals surface area contributed by atoms with Crippen molar-refractivity contribution >= 4 is 35.8 Å². The maximum Gasteiger partial charge on any atom is 0.242 e. The first kappa shape index (κ1) is 17.7. The molecule has 106 valence electrons. The number of rotatable bonds is 5. The molecule has 0 heterocycles. The third-order valence-corrected chi connectivity index (χ3v) is 2.78. The van der Waals surface area contributed by atoms with Crippen LogP contribution in [0.5, 0.6) is 0 Å². The predicted molar refractivity (Wildman–Crippen MR) is 77.2 cm³/mol. The summed E-state index contributed by atoms with van der Waals surface area (Å²) >= 11 is 6.00. The molecule has 0 fully saturated rings. The molecule has 0 saturated heterocycles. The number of carbonyl (C=O) groups is 2. The highest BCUT2D eigenvalue weighted by atomic mass is 35.5. The van der Waals surface area contributed by atoms with Crippen molar-refractivity contribution < 1.29 is 9.59 Å². The van der Waals surface area contributed by atoms with Gasteiger partial charge in [-0.15, -0.1) is 12.4 Å². The van der Waals surface area contributed by atoms with Crippen LogP contribution in [0.4, 0.5) is 0 Å². The van der Waals surface area contributed by atoms with Crippen LogP contribution in [0.15, 0.2) is 24.3 Å². The lowest BCUT2D eigenvalue weighted by atomic mass is 10.2. The first-order valence-corrected chi connectivity index (χ1v) is 5.86. The molecule has 1 aromatic carbocycles. The summed E-state index contributed by atoms with van der Waals surface area (Å²) < 4.78 is 0. The predicted octanol–water partition coefficient (Wildman–Crippen LogP) is 0.795. The zero-order chi connectivity index (χ0) is 13.5. The molecule has 0 unspecified atom stereocenters. The fourth-order valence-corrected chi connectivity index (χ4v) is 1.55. The van der Waals surface area contributed by atoms with Gasteiger partial charge in [-0.25, -0.2) is 0 Å². The summed E-state index contributed by atoms with van der Waals surface area (Å²) in [4.78, 5) is 24.1. The Balaban J connectivity index is 0.00000324. The maximum absolute atomic E-state index is 11.7. The van der Waals surface area contributed by atoms with Crippen LogP contribution in [0.25, 0.3) is 0 Å². The third-order valence-electron chi connectivity index (χ3n) is 2.41. The standard InChI is InChI=1S/C12H16ClN3O2.ClH/c1-16(12(18)7-15-11(17)6-14)8-9-4-2-3-5-10(9)13;/h2-5H,6-8,14H2,1H3,(H,15,17);1H. The molecular formula is C12H17Cl2N3O2. The Bertz CT molecular complexity index is 441. The molecule has 0 aliphatic carbocycles. The fraction of sp³-hybridized carbons (Fsp3) is 0.333. The molecular weight excluding hydrogens is 289 g/mol. The number of nitrogens with two attached hydrogens (primary N) is 1. The van der Waals surface area contributed by atoms with Gasteiger partial charge in [-0.3, -0.25) is 9.59 Å². The summed E-state index contributed by atoms with van der Waals surface area (Å²) in [6, 6.07) is 7.31. The number of amides is 2. The number of likely N-dealkylation sites (N-methyl/N-ethyl adjacent to an activating group) is 1. The lowest BCUT2D eigenvalue weighted by Crippen LogP contribution is -2.40. The molecule has 0 atom stereocenters. The number of nitrogens with zero attached hydrogens (tertiary/aromatic N) is 1. The number of halogens is 2. The first-order chi connectivity index (χ1) is 8.54. The topological polar surface area (TPSA) is 75.4 Å². The van der Waals surface area contributed by atoms with E-state index < -0.39 is 0 Å². The number of nitrogens with one attached hydrogen (secondary N) is 1. The molecule has 3 N–H and O–H groups in total. The Morgan fingerprint density at radius 1 is 1.37 bits per heavy atom. The highest BCUT2D eigenvalue weighted by Crippen LogP contribution is 2.16. The summed E-state index contributed by atoms with van der Waals surface area (Å²) in [5.41, 5.74) is 5.98. The number of benzene rings is 1. The SMILES string of the molecule is CN(Cc1ccccc1Cl)C(=O)CNC(=O)CN.Cl. The molecule has 1 aromatic rings. The number of carbonyl (C=O) groups excluding carboxylic acids is 2. The van der Waals surface area contributed by atoms with Gasteiger partial charge in [0.1, 0.15) is 0 Å². The average Bonchev–Trinajstić information content (AvgIpc) is 2.38. The summed E-state index contributed by atoms with van der Waals surface area (Å²) in [5, 5.41) is 3.04. The Morgan fingerprint density at radius 3 is 2.58 bits per heavy atom. The van der Waals surface area contributed by atoms with Crippen molar-refractivity contribution in [3.63, 3.8) is 0 Å². The quantitative estimate of drug-likeness (QED) is 0.845. The minimum absolute atomic E-state index is 0. The summed E-state index contributed by atoms with van der Waals surface area (Å²) in [6.45, 7) is 0.218. The Hall–Kier alpha value is -1.30. The second-order valence-corrected chi connectivity index (χ2v) is 4.23. The van der Waals surface area contributed by atoms with Gasteiger partial charge in [0, 0.05) is 18.6 Å². The molecule has 0 spiro atoms. The molecule has 0 radical (unpaired) electrons. The zero-order valence-electron chi connectivity index (χ0n) is 10.6. The second-order valence-electron chi connectivity index (χ2n) is 3.82. The fourth-order valence-electron chi connectivity index (χ4n) is 1.35. The molecule has 19 heavy (non-hydrogen) atoms. The van der Waals surface area contributed by atoms with Crippen molar-refractivity contribution in [1.29, 1.82) is 0 Å². The Kier molecular flexibility index (Phi) is 8.14. The second kappa shape index (κ2) is 8.74. The van der Waals surface area contributed by atoms with Gasteiger partial charge in [-0.2, -0.15) is 0 Å². The monoisotopic (exact) mass is 305 g/mol. The van der Waals surface area contributed by atoms with Gasteiger partial charge < -0.3 is 16.0 Å². The lowest BCUT2D eigenvalue weighted by molar-refractivity contribution is -0.131. The maximum atomic E-state index is 11.7. The van der Waals surface area contributed by atoms with E-state index in [-0.39, 0.29) is 37.3 Å². The van der Waals surface area contributed by atoms with Crippen LogP contribution < -0.4 is 11.1 Å². The highest BCUT2D eigenvalue weighted by molar-refractivity contribution is 6.31. The third kappa shape index (κ3) is 5.92. The van der Waals surface area contributed by atoms with Gasteiger partial charge in [0.25, 0.3) is 0 Å². The molecule has 5 nitrogen and oxygen atoms in total. The van der Waals surface area contributed by atoms with Gasteiger partial charge in [-0.05, 0) is 11.6 Å². The van der Waals surface area contributed by atoms with Crippen molar-refractivity contribution in [2.75, 3.05) is 20.1 Å². The van der Waals surface area contributed by atoms with Crippen molar-refractivity contribution in [3.05, 3.63) is 34.9 Å². The van der Waals surface area contributed by atoms with E-state index in [1.807, 2.05) is 18.2 Å². The molecule has 0 bridgehead atoms. The van der Waals surface area contributed by atoms with Crippen LogP contribution in [0.3, 0.4) is 0 Å². The molecule has 7 heteroatoms. The molecule has 0 saturated carbocycles. The normalized spacial score (nSPS) is 9.42. The van der Waals surface area contributed by atoms with E-state index in [0.29, 0.717) is 11.6 Å². The van der Waals surface area contributed by atoms with Gasteiger partial charge in [-0.1, -0.05) is 29.8 Å². The van der Waals surface area contributed by atoms with Gasteiger partial charge >= 0.3 is 0 Å². The van der Waals surface area contributed by atoms with E-state index in [1.54, 1.807) is 13.1 Å². The van der Waals surface area contributed by atoms with E-state index in [2.05, 4.69) is 5.32 Å². The van der Waals surface area contributed by atoms with Crippen molar-refractivity contribution in [2.24, 2.45) is 5.73 Å². The van der Waals surface area contributed by atoms with E-state index in [9.17, 15) is 9.59 Å². The molecule has 0 aromatic heterocycles.